The van der Waals surface area contributed by atoms with Crippen LogP contribution >= 0.6 is 23.2 Å². The molecule has 0 aromatic heterocycles. The molecular formula is C33H33Cl2N3O5S. The molecule has 8 nitrogen and oxygen atoms in total. The number of sulfonamides is 1. The SMILES string of the molecule is CCNC(=O)C(Cc1ccccc1)N(Cc1ccccc1Cl)C(=O)CN(c1cccc(Cl)c1)S(=O)(=O)c1ccc(OC)cc1. The highest BCUT2D eigenvalue weighted by atomic mass is 35.5. The minimum atomic E-state index is -4.28. The van der Waals surface area contributed by atoms with Crippen molar-refractivity contribution in [2.75, 3.05) is 24.5 Å². The van der Waals surface area contributed by atoms with Crippen molar-refractivity contribution in [2.45, 2.75) is 30.8 Å². The van der Waals surface area contributed by atoms with Crippen molar-refractivity contribution >= 4 is 50.7 Å². The first-order valence-electron chi connectivity index (χ1n) is 13.9. The predicted octanol–water partition coefficient (Wildman–Crippen LogP) is 5.97. The third kappa shape index (κ3) is 8.11. The summed E-state index contributed by atoms with van der Waals surface area (Å²) in [4.78, 5) is 29.3. The Kier molecular flexibility index (Phi) is 11.3. The van der Waals surface area contributed by atoms with Crippen LogP contribution in [0.2, 0.25) is 10.0 Å². The molecule has 0 spiro atoms. The first kappa shape index (κ1) is 32.9. The Morgan fingerprint density at radius 1 is 0.886 bits per heavy atom. The Labute approximate surface area is 268 Å². The van der Waals surface area contributed by atoms with E-state index in [1.165, 1.54) is 42.3 Å². The minimum Gasteiger partial charge on any atom is -0.497 e. The number of hydrogen-bond acceptors (Lipinski definition) is 5. The highest BCUT2D eigenvalue weighted by molar-refractivity contribution is 7.92. The fourth-order valence-corrected chi connectivity index (χ4v) is 6.48. The fourth-order valence-electron chi connectivity index (χ4n) is 4.69. The molecule has 0 fully saturated rings. The molecule has 1 N–H and O–H groups in total. The van der Waals surface area contributed by atoms with Gasteiger partial charge < -0.3 is 15.0 Å². The maximum Gasteiger partial charge on any atom is 0.264 e. The van der Waals surface area contributed by atoms with Gasteiger partial charge in [-0.15, -0.1) is 0 Å². The van der Waals surface area contributed by atoms with E-state index in [0.29, 0.717) is 27.9 Å². The normalized spacial score (nSPS) is 11.8. The summed E-state index contributed by atoms with van der Waals surface area (Å²) < 4.78 is 34.4. The zero-order valence-electron chi connectivity index (χ0n) is 24.3. The number of halogens is 2. The molecule has 0 aliphatic rings. The second kappa shape index (κ2) is 15.1. The van der Waals surface area contributed by atoms with Gasteiger partial charge in [0.1, 0.15) is 18.3 Å². The van der Waals surface area contributed by atoms with E-state index in [9.17, 15) is 18.0 Å². The molecule has 0 saturated carbocycles. The number of anilines is 1. The number of methoxy groups -OCH3 is 1. The van der Waals surface area contributed by atoms with Crippen LogP contribution in [0.4, 0.5) is 5.69 Å². The van der Waals surface area contributed by atoms with Crippen LogP contribution in [-0.2, 0) is 32.6 Å². The van der Waals surface area contributed by atoms with Gasteiger partial charge in [0.2, 0.25) is 11.8 Å². The van der Waals surface area contributed by atoms with Crippen molar-refractivity contribution in [1.29, 1.82) is 0 Å². The van der Waals surface area contributed by atoms with Crippen LogP contribution in [0.1, 0.15) is 18.1 Å². The van der Waals surface area contributed by atoms with Gasteiger partial charge in [-0.1, -0.05) is 77.8 Å². The van der Waals surface area contributed by atoms with Crippen LogP contribution in [-0.4, -0.2) is 51.4 Å². The number of rotatable bonds is 13. The smallest absolute Gasteiger partial charge is 0.264 e. The lowest BCUT2D eigenvalue weighted by molar-refractivity contribution is -0.140. The lowest BCUT2D eigenvalue weighted by Gasteiger charge is -2.34. The monoisotopic (exact) mass is 653 g/mol. The van der Waals surface area contributed by atoms with E-state index in [1.54, 1.807) is 49.4 Å². The fraction of sp³-hybridized carbons (Fsp3) is 0.212. The summed E-state index contributed by atoms with van der Waals surface area (Å²) in [6.07, 6.45) is 0.200. The summed E-state index contributed by atoms with van der Waals surface area (Å²) >= 11 is 12.8. The van der Waals surface area contributed by atoms with Gasteiger partial charge in [0.05, 0.1) is 17.7 Å². The molecule has 44 heavy (non-hydrogen) atoms. The van der Waals surface area contributed by atoms with Crippen molar-refractivity contribution in [3.05, 3.63) is 124 Å². The van der Waals surface area contributed by atoms with Crippen molar-refractivity contribution in [3.63, 3.8) is 0 Å². The van der Waals surface area contributed by atoms with E-state index >= 15 is 0 Å². The zero-order chi connectivity index (χ0) is 31.7. The van der Waals surface area contributed by atoms with Gasteiger partial charge in [0, 0.05) is 29.6 Å². The molecule has 11 heteroatoms. The summed E-state index contributed by atoms with van der Waals surface area (Å²) in [5.41, 5.74) is 1.63. The first-order chi connectivity index (χ1) is 21.1. The first-order valence-corrected chi connectivity index (χ1v) is 16.1. The summed E-state index contributed by atoms with van der Waals surface area (Å²) in [5.74, 6) is -0.496. The molecule has 0 aliphatic heterocycles. The van der Waals surface area contributed by atoms with Gasteiger partial charge in [-0.05, 0) is 66.6 Å². The van der Waals surface area contributed by atoms with Crippen LogP contribution in [0, 0.1) is 0 Å². The molecule has 4 aromatic carbocycles. The lowest BCUT2D eigenvalue weighted by Crippen LogP contribution is -2.53. The van der Waals surface area contributed by atoms with Gasteiger partial charge in [-0.2, -0.15) is 0 Å². The number of ether oxygens (including phenoxy) is 1. The van der Waals surface area contributed by atoms with E-state index in [1.807, 2.05) is 30.3 Å². The Morgan fingerprint density at radius 2 is 1.57 bits per heavy atom. The van der Waals surface area contributed by atoms with Gasteiger partial charge in [0.15, 0.2) is 0 Å². The third-order valence-electron chi connectivity index (χ3n) is 6.94. The highest BCUT2D eigenvalue weighted by Gasteiger charge is 2.34. The lowest BCUT2D eigenvalue weighted by atomic mass is 10.0. The van der Waals surface area contributed by atoms with Gasteiger partial charge in [0.25, 0.3) is 10.0 Å². The molecule has 0 saturated heterocycles. The molecule has 1 unspecified atom stereocenters. The maximum absolute atomic E-state index is 14.4. The molecule has 0 radical (unpaired) electrons. The summed E-state index contributed by atoms with van der Waals surface area (Å²) in [6.45, 7) is 1.50. The van der Waals surface area contributed by atoms with E-state index in [0.717, 1.165) is 9.87 Å². The second-order valence-corrected chi connectivity index (χ2v) is 12.6. The number of amides is 2. The number of nitrogens with one attached hydrogen (secondary N) is 1. The highest BCUT2D eigenvalue weighted by Crippen LogP contribution is 2.28. The number of hydrogen-bond donors (Lipinski definition) is 1. The van der Waals surface area contributed by atoms with Crippen molar-refractivity contribution in [1.82, 2.24) is 10.2 Å². The predicted molar refractivity (Wildman–Crippen MR) is 174 cm³/mol. The zero-order valence-corrected chi connectivity index (χ0v) is 26.6. The van der Waals surface area contributed by atoms with Crippen LogP contribution in [0.15, 0.2) is 108 Å². The molecule has 2 amide bonds. The molecule has 230 valence electrons. The van der Waals surface area contributed by atoms with E-state index < -0.39 is 28.5 Å². The number of carbonyl (C=O) groups is 2. The average molecular weight is 655 g/mol. The van der Waals surface area contributed by atoms with E-state index in [4.69, 9.17) is 27.9 Å². The molecule has 4 rings (SSSR count). The van der Waals surface area contributed by atoms with Gasteiger partial charge in [-0.3, -0.25) is 13.9 Å². The van der Waals surface area contributed by atoms with Crippen molar-refractivity contribution in [3.8, 4) is 5.75 Å². The number of benzene rings is 4. The third-order valence-corrected chi connectivity index (χ3v) is 9.34. The summed E-state index contributed by atoms with van der Waals surface area (Å²) in [6, 6.07) is 27.5. The van der Waals surface area contributed by atoms with Crippen LogP contribution < -0.4 is 14.4 Å². The molecule has 0 heterocycles. The Hall–Kier alpha value is -4.05. The molecular weight excluding hydrogens is 621 g/mol. The number of carbonyl (C=O) groups excluding carboxylic acids is 2. The minimum absolute atomic E-state index is 0.0287. The van der Waals surface area contributed by atoms with Crippen LogP contribution in [0.25, 0.3) is 0 Å². The quantitative estimate of drug-likeness (QED) is 0.192. The van der Waals surface area contributed by atoms with Gasteiger partial charge in [-0.25, -0.2) is 8.42 Å². The maximum atomic E-state index is 14.4. The average Bonchev–Trinajstić information content (AvgIpc) is 3.02. The van der Waals surface area contributed by atoms with Crippen LogP contribution in [0.5, 0.6) is 5.75 Å². The Morgan fingerprint density at radius 3 is 2.20 bits per heavy atom. The van der Waals surface area contributed by atoms with Crippen molar-refractivity contribution < 1.29 is 22.7 Å². The molecule has 0 aliphatic carbocycles. The Bertz CT molecular complexity index is 1690. The van der Waals surface area contributed by atoms with Crippen LogP contribution in [0.3, 0.4) is 0 Å². The standard InChI is InChI=1S/C33H33Cl2N3O5S/c1-3-36-33(40)31(20-24-10-5-4-6-11-24)37(22-25-12-7-8-15-30(25)35)32(39)23-38(27-14-9-13-26(34)21-27)44(41,42)29-18-16-28(43-2)17-19-29/h4-19,21,31H,3,20,22-23H2,1-2H3,(H,36,40). The molecule has 4 aromatic rings. The molecule has 1 atom stereocenters. The largest absolute Gasteiger partial charge is 0.497 e. The Balaban J connectivity index is 1.80. The van der Waals surface area contributed by atoms with E-state index in [-0.39, 0.29) is 29.5 Å². The topological polar surface area (TPSA) is 96.0 Å². The number of likely N-dealkylation sites (N-methyl/N-ethyl adjacent to an activating group) is 1. The summed E-state index contributed by atoms with van der Waals surface area (Å²) in [7, 11) is -2.79. The van der Waals surface area contributed by atoms with E-state index in [2.05, 4.69) is 5.32 Å². The second-order valence-electron chi connectivity index (χ2n) is 9.88. The van der Waals surface area contributed by atoms with Crippen molar-refractivity contribution in [2.24, 2.45) is 0 Å². The summed E-state index contributed by atoms with van der Waals surface area (Å²) in [5, 5.41) is 3.54. The van der Waals surface area contributed by atoms with Gasteiger partial charge >= 0.3 is 0 Å². The molecule has 0 bridgehead atoms. The number of nitrogens with zero attached hydrogens (tertiary/aromatic N) is 2.